The van der Waals surface area contributed by atoms with E-state index >= 15 is 0 Å². The number of hydrogen-bond donors (Lipinski definition) is 3. The monoisotopic (exact) mass is 326 g/mol. The molecule has 0 radical (unpaired) electrons. The standard InChI is InChI=1S/C16H21F2N3O2/c1-11-3-2-6-21(9-11)10-16(23)19-8-15(22)20-12-4-5-13(17)14(18)7-12/h4-5,7,11H,2-3,6,8-10H2,1H3,(H,19,23)(H,20,22)/p+1/t11-/m1/s1. The van der Waals surface area contributed by atoms with E-state index in [1.807, 2.05) is 0 Å². The van der Waals surface area contributed by atoms with Gasteiger partial charge in [0.1, 0.15) is 0 Å². The van der Waals surface area contributed by atoms with Gasteiger partial charge in [-0.1, -0.05) is 6.92 Å². The molecule has 126 valence electrons. The first kappa shape index (κ1) is 17.3. The second kappa shape index (κ2) is 8.01. The van der Waals surface area contributed by atoms with Crippen molar-refractivity contribution in [3.8, 4) is 0 Å². The lowest BCUT2D eigenvalue weighted by Crippen LogP contribution is -3.14. The summed E-state index contributed by atoms with van der Waals surface area (Å²) in [5.74, 6) is -2.06. The highest BCUT2D eigenvalue weighted by atomic mass is 19.2. The predicted molar refractivity (Wildman–Crippen MR) is 82.0 cm³/mol. The molecule has 0 aliphatic carbocycles. The van der Waals surface area contributed by atoms with E-state index in [1.165, 1.54) is 17.4 Å². The van der Waals surface area contributed by atoms with Crippen LogP contribution in [0.2, 0.25) is 0 Å². The molecule has 1 unspecified atom stereocenters. The van der Waals surface area contributed by atoms with Crippen LogP contribution < -0.4 is 15.5 Å². The highest BCUT2D eigenvalue weighted by molar-refractivity contribution is 5.94. The van der Waals surface area contributed by atoms with Gasteiger partial charge in [-0.15, -0.1) is 0 Å². The number of likely N-dealkylation sites (tertiary alicyclic amines) is 1. The molecule has 1 saturated heterocycles. The fraction of sp³-hybridized carbons (Fsp3) is 0.500. The Balaban J connectivity index is 1.73. The summed E-state index contributed by atoms with van der Waals surface area (Å²) in [6.07, 6.45) is 2.31. The van der Waals surface area contributed by atoms with E-state index in [1.54, 1.807) is 0 Å². The SMILES string of the molecule is C[C@@H]1CCC[NH+](CC(=O)NCC(=O)Nc2ccc(F)c(F)c2)C1. The maximum Gasteiger partial charge on any atom is 0.275 e. The first-order valence-electron chi connectivity index (χ1n) is 7.79. The van der Waals surface area contributed by atoms with Crippen molar-refractivity contribution < 1.29 is 23.3 Å². The van der Waals surface area contributed by atoms with Gasteiger partial charge in [0.05, 0.1) is 19.6 Å². The molecule has 23 heavy (non-hydrogen) atoms. The van der Waals surface area contributed by atoms with Gasteiger partial charge in [-0.3, -0.25) is 9.59 Å². The summed E-state index contributed by atoms with van der Waals surface area (Å²) >= 11 is 0. The van der Waals surface area contributed by atoms with Crippen molar-refractivity contribution in [2.24, 2.45) is 5.92 Å². The molecular formula is C16H22F2N3O2+. The Morgan fingerprint density at radius 1 is 1.26 bits per heavy atom. The van der Waals surface area contributed by atoms with E-state index in [4.69, 9.17) is 0 Å². The number of nitrogens with one attached hydrogen (secondary N) is 3. The summed E-state index contributed by atoms with van der Waals surface area (Å²) in [5.41, 5.74) is 0.152. The van der Waals surface area contributed by atoms with E-state index in [-0.39, 0.29) is 18.1 Å². The van der Waals surface area contributed by atoms with Crippen molar-refractivity contribution >= 4 is 17.5 Å². The number of carbonyl (C=O) groups excluding carboxylic acids is 2. The van der Waals surface area contributed by atoms with Crippen LogP contribution in [0.15, 0.2) is 18.2 Å². The Morgan fingerprint density at radius 2 is 2.04 bits per heavy atom. The molecule has 7 heteroatoms. The Labute approximate surface area is 134 Å². The van der Waals surface area contributed by atoms with Gasteiger partial charge in [0.25, 0.3) is 5.91 Å². The molecular weight excluding hydrogens is 304 g/mol. The number of carbonyl (C=O) groups is 2. The van der Waals surface area contributed by atoms with Gasteiger partial charge in [0.15, 0.2) is 18.2 Å². The van der Waals surface area contributed by atoms with E-state index < -0.39 is 17.5 Å². The minimum absolute atomic E-state index is 0.152. The van der Waals surface area contributed by atoms with Gasteiger partial charge in [0, 0.05) is 17.7 Å². The zero-order valence-corrected chi connectivity index (χ0v) is 13.1. The second-order valence-corrected chi connectivity index (χ2v) is 6.08. The van der Waals surface area contributed by atoms with E-state index in [9.17, 15) is 18.4 Å². The summed E-state index contributed by atoms with van der Waals surface area (Å²) in [5, 5.41) is 4.96. The van der Waals surface area contributed by atoms with Gasteiger partial charge >= 0.3 is 0 Å². The number of rotatable bonds is 5. The lowest BCUT2D eigenvalue weighted by atomic mass is 10.0. The first-order chi connectivity index (χ1) is 10.9. The number of halogens is 2. The smallest absolute Gasteiger partial charge is 0.275 e. The summed E-state index contributed by atoms with van der Waals surface area (Å²) in [6, 6.07) is 3.09. The van der Waals surface area contributed by atoms with Crippen molar-refractivity contribution in [1.82, 2.24) is 5.32 Å². The van der Waals surface area contributed by atoms with Crippen LogP contribution in [-0.4, -0.2) is 38.0 Å². The van der Waals surface area contributed by atoms with Crippen LogP contribution in [0.5, 0.6) is 0 Å². The van der Waals surface area contributed by atoms with Crippen molar-refractivity contribution in [1.29, 1.82) is 0 Å². The summed E-state index contributed by atoms with van der Waals surface area (Å²) in [7, 11) is 0. The molecule has 2 amide bonds. The molecule has 3 N–H and O–H groups in total. The third-order valence-electron chi connectivity index (χ3n) is 3.92. The molecule has 0 spiro atoms. The van der Waals surface area contributed by atoms with Crippen molar-refractivity contribution in [2.75, 3.05) is 31.5 Å². The molecule has 1 aromatic carbocycles. The van der Waals surface area contributed by atoms with Crippen LogP contribution in [-0.2, 0) is 9.59 Å². The van der Waals surface area contributed by atoms with Crippen LogP contribution >= 0.6 is 0 Å². The number of quaternary nitrogens is 1. The lowest BCUT2D eigenvalue weighted by molar-refractivity contribution is -0.900. The summed E-state index contributed by atoms with van der Waals surface area (Å²) in [4.78, 5) is 24.8. The first-order valence-corrected chi connectivity index (χ1v) is 7.79. The lowest BCUT2D eigenvalue weighted by Gasteiger charge is -2.27. The average Bonchev–Trinajstić information content (AvgIpc) is 2.49. The van der Waals surface area contributed by atoms with Gasteiger partial charge in [-0.25, -0.2) is 8.78 Å². The number of amides is 2. The van der Waals surface area contributed by atoms with Crippen molar-refractivity contribution in [3.63, 3.8) is 0 Å². The quantitative estimate of drug-likeness (QED) is 0.730. The molecule has 1 aromatic rings. The van der Waals surface area contributed by atoms with Crippen LogP contribution in [0.1, 0.15) is 19.8 Å². The molecule has 1 heterocycles. The van der Waals surface area contributed by atoms with Crippen LogP contribution in [0, 0.1) is 17.6 Å². The zero-order chi connectivity index (χ0) is 16.8. The maximum absolute atomic E-state index is 13.0. The number of benzene rings is 1. The predicted octanol–water partition coefficient (Wildman–Crippen LogP) is 0.334. The number of hydrogen-bond acceptors (Lipinski definition) is 2. The average molecular weight is 326 g/mol. The van der Waals surface area contributed by atoms with Gasteiger partial charge in [-0.05, 0) is 25.0 Å². The highest BCUT2D eigenvalue weighted by Gasteiger charge is 2.22. The highest BCUT2D eigenvalue weighted by Crippen LogP contribution is 2.12. The van der Waals surface area contributed by atoms with Gasteiger partial charge in [0.2, 0.25) is 5.91 Å². The molecule has 0 aromatic heterocycles. The van der Waals surface area contributed by atoms with Crippen LogP contribution in [0.3, 0.4) is 0 Å². The van der Waals surface area contributed by atoms with E-state index in [2.05, 4.69) is 17.6 Å². The molecule has 1 aliphatic heterocycles. The normalized spacial score (nSPS) is 20.8. The summed E-state index contributed by atoms with van der Waals surface area (Å²) in [6.45, 7) is 4.27. The molecule has 0 saturated carbocycles. The topological polar surface area (TPSA) is 62.6 Å². The number of piperidine rings is 1. The third-order valence-corrected chi connectivity index (χ3v) is 3.92. The van der Waals surface area contributed by atoms with E-state index in [0.717, 1.165) is 31.6 Å². The molecule has 1 aliphatic rings. The minimum Gasteiger partial charge on any atom is -0.342 e. The van der Waals surface area contributed by atoms with Gasteiger partial charge in [-0.2, -0.15) is 0 Å². The maximum atomic E-state index is 13.0. The summed E-state index contributed by atoms with van der Waals surface area (Å²) < 4.78 is 25.8. The largest absolute Gasteiger partial charge is 0.342 e. The van der Waals surface area contributed by atoms with E-state index in [0.29, 0.717) is 12.5 Å². The molecule has 1 fully saturated rings. The second-order valence-electron chi connectivity index (χ2n) is 6.08. The fourth-order valence-electron chi connectivity index (χ4n) is 2.81. The molecule has 2 atom stereocenters. The molecule has 5 nitrogen and oxygen atoms in total. The van der Waals surface area contributed by atoms with Crippen molar-refractivity contribution in [2.45, 2.75) is 19.8 Å². The van der Waals surface area contributed by atoms with Crippen LogP contribution in [0.25, 0.3) is 0 Å². The Kier molecular flexibility index (Phi) is 6.04. The van der Waals surface area contributed by atoms with Gasteiger partial charge < -0.3 is 15.5 Å². The number of anilines is 1. The van der Waals surface area contributed by atoms with Crippen LogP contribution in [0.4, 0.5) is 14.5 Å². The minimum atomic E-state index is -1.03. The van der Waals surface area contributed by atoms with Crippen molar-refractivity contribution in [3.05, 3.63) is 29.8 Å². The molecule has 2 rings (SSSR count). The zero-order valence-electron chi connectivity index (χ0n) is 13.1. The fourth-order valence-corrected chi connectivity index (χ4v) is 2.81. The molecule has 0 bridgehead atoms. The Bertz CT molecular complexity index is 580. The Hall–Kier alpha value is -2.02. The third kappa shape index (κ3) is 5.59. The Morgan fingerprint density at radius 3 is 2.74 bits per heavy atom.